The molecule has 2 unspecified atom stereocenters. The molecule has 32 heavy (non-hydrogen) atoms. The summed E-state index contributed by atoms with van der Waals surface area (Å²) in [5.74, 6) is -2.20. The predicted molar refractivity (Wildman–Crippen MR) is 124 cm³/mol. The number of aliphatic carboxylic acids is 1. The molecule has 0 saturated heterocycles. The van der Waals surface area contributed by atoms with Crippen LogP contribution in [0.5, 0.6) is 0 Å². The molecule has 1 aliphatic rings. The Hall–Kier alpha value is -3.06. The molecule has 0 aliphatic heterocycles. The van der Waals surface area contributed by atoms with Gasteiger partial charge in [-0.15, -0.1) is 0 Å². The van der Waals surface area contributed by atoms with Gasteiger partial charge in [-0.3, -0.25) is 9.59 Å². The van der Waals surface area contributed by atoms with Gasteiger partial charge in [0.1, 0.15) is 12.1 Å². The van der Waals surface area contributed by atoms with Gasteiger partial charge in [0.15, 0.2) is 0 Å². The van der Waals surface area contributed by atoms with Crippen LogP contribution in [0.2, 0.25) is 0 Å². The van der Waals surface area contributed by atoms with Gasteiger partial charge in [0.05, 0.1) is 22.8 Å². The number of rotatable bonds is 7. The number of aromatic nitrogens is 1. The number of nitrogens with two attached hydrogens (primary N) is 1. The number of nitrogens with one attached hydrogen (secondary N) is 1. The van der Waals surface area contributed by atoms with E-state index in [1.165, 1.54) is 12.1 Å². The second-order valence-corrected chi connectivity index (χ2v) is 8.39. The van der Waals surface area contributed by atoms with Crippen LogP contribution < -0.4 is 11.1 Å². The fraction of sp³-hybridized carbons (Fsp3) is 0.400. The average Bonchev–Trinajstić information content (AvgIpc) is 2.77. The van der Waals surface area contributed by atoms with Crippen LogP contribution in [-0.4, -0.2) is 29.4 Å². The highest BCUT2D eigenvalue weighted by molar-refractivity contribution is 5.92. The zero-order chi connectivity index (χ0) is 23.7. The van der Waals surface area contributed by atoms with Crippen molar-refractivity contribution >= 4 is 28.9 Å². The molecule has 6 nitrogen and oxygen atoms in total. The SMILES string of the molecule is CCC(C(=O)O)C(/C=C(\N)c1nc2cc(F)c(C)c3c2c(c1C)C(NC)CC3)=C(\C)C=O. The van der Waals surface area contributed by atoms with Gasteiger partial charge in [0, 0.05) is 17.5 Å². The zero-order valence-electron chi connectivity index (χ0n) is 19.2. The third-order valence-corrected chi connectivity index (χ3v) is 6.57. The number of halogens is 1. The normalized spacial score (nSPS) is 17.8. The van der Waals surface area contributed by atoms with Gasteiger partial charge in [-0.1, -0.05) is 6.92 Å². The van der Waals surface area contributed by atoms with E-state index in [9.17, 15) is 19.1 Å². The van der Waals surface area contributed by atoms with E-state index in [1.54, 1.807) is 20.8 Å². The van der Waals surface area contributed by atoms with Gasteiger partial charge in [0.2, 0.25) is 0 Å². The summed E-state index contributed by atoms with van der Waals surface area (Å²) >= 11 is 0. The van der Waals surface area contributed by atoms with Crippen LogP contribution in [0, 0.1) is 25.6 Å². The number of pyridine rings is 1. The molecule has 0 spiro atoms. The number of aldehydes is 1. The number of benzene rings is 1. The number of hydrogen-bond acceptors (Lipinski definition) is 5. The fourth-order valence-electron chi connectivity index (χ4n) is 4.77. The number of carboxylic acid groups (broad SMARTS) is 1. The standard InChI is InChI=1S/C25H30FN3O3/c1-6-15(25(31)32)17(12(2)11-30)9-19(27)24-14(4)22-20(28-5)8-7-16-13(3)18(26)10-21(29-24)23(16)22/h9-11,15,20,28H,6-8,27H2,1-5H3,(H,31,32)/b17-12+,19-9-. The van der Waals surface area contributed by atoms with Crippen LogP contribution in [0.4, 0.5) is 4.39 Å². The van der Waals surface area contributed by atoms with Crippen molar-refractivity contribution in [3.63, 3.8) is 0 Å². The molecule has 1 aromatic heterocycles. The fourth-order valence-corrected chi connectivity index (χ4v) is 4.77. The lowest BCUT2D eigenvalue weighted by Crippen LogP contribution is -2.24. The minimum Gasteiger partial charge on any atom is -0.481 e. The molecule has 2 aromatic rings. The average molecular weight is 440 g/mol. The first kappa shape index (κ1) is 23.6. The van der Waals surface area contributed by atoms with E-state index in [1.807, 2.05) is 14.0 Å². The summed E-state index contributed by atoms with van der Waals surface area (Å²) in [6.45, 7) is 7.04. The van der Waals surface area contributed by atoms with Crippen LogP contribution in [0.15, 0.2) is 23.3 Å². The van der Waals surface area contributed by atoms with Gasteiger partial charge in [0.25, 0.3) is 0 Å². The van der Waals surface area contributed by atoms with Crippen LogP contribution in [-0.2, 0) is 16.0 Å². The summed E-state index contributed by atoms with van der Waals surface area (Å²) in [5, 5.41) is 13.9. The van der Waals surface area contributed by atoms with Crippen molar-refractivity contribution < 1.29 is 19.1 Å². The Bertz CT molecular complexity index is 1170. The lowest BCUT2D eigenvalue weighted by atomic mass is 9.81. The molecule has 3 rings (SSSR count). The largest absolute Gasteiger partial charge is 0.481 e. The number of hydrogen-bond donors (Lipinski definition) is 3. The summed E-state index contributed by atoms with van der Waals surface area (Å²) in [6.07, 6.45) is 4.06. The maximum Gasteiger partial charge on any atom is 0.310 e. The molecule has 0 radical (unpaired) electrons. The molecular weight excluding hydrogens is 409 g/mol. The van der Waals surface area contributed by atoms with E-state index in [4.69, 9.17) is 10.7 Å². The maximum absolute atomic E-state index is 14.7. The second kappa shape index (κ2) is 9.20. The minimum atomic E-state index is -1.02. The second-order valence-electron chi connectivity index (χ2n) is 8.39. The van der Waals surface area contributed by atoms with Gasteiger partial charge >= 0.3 is 5.97 Å². The van der Waals surface area contributed by atoms with E-state index in [-0.39, 0.29) is 17.6 Å². The third kappa shape index (κ3) is 3.93. The number of aryl methyl sites for hydroxylation is 1. The van der Waals surface area contributed by atoms with E-state index in [0.717, 1.165) is 34.9 Å². The number of carbonyl (C=O) groups excluding carboxylic acids is 1. The Balaban J connectivity index is 2.32. The van der Waals surface area contributed by atoms with E-state index in [2.05, 4.69) is 5.32 Å². The van der Waals surface area contributed by atoms with E-state index in [0.29, 0.717) is 40.6 Å². The van der Waals surface area contributed by atoms with E-state index >= 15 is 0 Å². The molecule has 0 fully saturated rings. The molecule has 7 heteroatoms. The van der Waals surface area contributed by atoms with Gasteiger partial charge in [-0.2, -0.15) is 0 Å². The molecule has 4 N–H and O–H groups in total. The molecule has 1 aliphatic carbocycles. The summed E-state index contributed by atoms with van der Waals surface area (Å²) < 4.78 is 14.7. The van der Waals surface area contributed by atoms with Gasteiger partial charge < -0.3 is 16.2 Å². The molecule has 1 heterocycles. The first-order chi connectivity index (χ1) is 15.2. The van der Waals surface area contributed by atoms with Crippen molar-refractivity contribution in [2.45, 2.75) is 53.0 Å². The maximum atomic E-state index is 14.7. The molecule has 0 saturated carbocycles. The molecular formula is C25H30FN3O3. The highest BCUT2D eigenvalue weighted by Gasteiger charge is 2.28. The quantitative estimate of drug-likeness (QED) is 0.340. The molecule has 2 atom stereocenters. The van der Waals surface area contributed by atoms with Crippen LogP contribution in [0.1, 0.15) is 60.7 Å². The van der Waals surface area contributed by atoms with Gasteiger partial charge in [-0.05, 0) is 86.6 Å². The van der Waals surface area contributed by atoms with Gasteiger partial charge in [-0.25, -0.2) is 9.37 Å². The summed E-state index contributed by atoms with van der Waals surface area (Å²) in [5.41, 5.74) is 11.9. The van der Waals surface area contributed by atoms with Crippen molar-refractivity contribution in [1.29, 1.82) is 0 Å². The van der Waals surface area contributed by atoms with Crippen molar-refractivity contribution in [2.24, 2.45) is 11.7 Å². The van der Waals surface area contributed by atoms with Crippen LogP contribution >= 0.6 is 0 Å². The van der Waals surface area contributed by atoms with E-state index < -0.39 is 11.9 Å². The lowest BCUT2D eigenvalue weighted by Gasteiger charge is -2.29. The lowest BCUT2D eigenvalue weighted by molar-refractivity contribution is -0.140. The Kier molecular flexibility index (Phi) is 6.79. The number of carbonyl (C=O) groups is 2. The first-order valence-electron chi connectivity index (χ1n) is 10.8. The van der Waals surface area contributed by atoms with Crippen molar-refractivity contribution in [3.8, 4) is 0 Å². The molecule has 170 valence electrons. The van der Waals surface area contributed by atoms with Crippen molar-refractivity contribution in [2.75, 3.05) is 7.05 Å². The smallest absolute Gasteiger partial charge is 0.310 e. The first-order valence-corrected chi connectivity index (χ1v) is 10.8. The van der Waals surface area contributed by atoms with Crippen LogP contribution in [0.3, 0.4) is 0 Å². The highest BCUT2D eigenvalue weighted by atomic mass is 19.1. The molecule has 0 amide bonds. The zero-order valence-corrected chi connectivity index (χ0v) is 19.2. The minimum absolute atomic E-state index is 0.0681. The predicted octanol–water partition coefficient (Wildman–Crippen LogP) is 4.12. The monoisotopic (exact) mass is 439 g/mol. The number of nitrogens with zero attached hydrogens (tertiary/aromatic N) is 1. The summed E-state index contributed by atoms with van der Waals surface area (Å²) in [7, 11) is 1.89. The Morgan fingerprint density at radius 3 is 2.66 bits per heavy atom. The Morgan fingerprint density at radius 1 is 1.41 bits per heavy atom. The Labute approximate surface area is 187 Å². The van der Waals surface area contributed by atoms with Crippen LogP contribution in [0.25, 0.3) is 16.6 Å². The van der Waals surface area contributed by atoms with Crippen molar-refractivity contribution in [1.82, 2.24) is 10.3 Å². The summed E-state index contributed by atoms with van der Waals surface area (Å²) in [4.78, 5) is 27.9. The number of carboxylic acids is 1. The summed E-state index contributed by atoms with van der Waals surface area (Å²) in [6, 6.07) is 1.50. The van der Waals surface area contributed by atoms with Crippen molar-refractivity contribution in [3.05, 3.63) is 57.1 Å². The molecule has 0 bridgehead atoms. The third-order valence-electron chi connectivity index (χ3n) is 6.57. The number of allylic oxidation sites excluding steroid dienone is 2. The Morgan fingerprint density at radius 2 is 2.09 bits per heavy atom. The molecule has 1 aromatic carbocycles. The highest BCUT2D eigenvalue weighted by Crippen LogP contribution is 2.40. The topological polar surface area (TPSA) is 105 Å².